The summed E-state index contributed by atoms with van der Waals surface area (Å²) in [6.45, 7) is 4.16. The van der Waals surface area contributed by atoms with Gasteiger partial charge in [0.15, 0.2) is 0 Å². The molecule has 1 aliphatic heterocycles. The molecule has 1 aromatic carbocycles. The van der Waals surface area contributed by atoms with Crippen molar-refractivity contribution in [2.45, 2.75) is 19.4 Å². The van der Waals surface area contributed by atoms with Gasteiger partial charge in [-0.3, -0.25) is 0 Å². The number of anilines is 1. The number of aryl methyl sites for hydroxylation is 1. The summed E-state index contributed by atoms with van der Waals surface area (Å²) in [6.07, 6.45) is 1.19. The van der Waals surface area contributed by atoms with E-state index in [0.29, 0.717) is 6.04 Å². The first-order chi connectivity index (χ1) is 7.61. The molecule has 2 rings (SSSR count). The monoisotopic (exact) mass is 302 g/mol. The third kappa shape index (κ3) is 2.36. The molecule has 0 aromatic heterocycles. The van der Waals surface area contributed by atoms with Gasteiger partial charge in [0.2, 0.25) is 0 Å². The van der Waals surface area contributed by atoms with Crippen molar-refractivity contribution in [1.82, 2.24) is 5.32 Å². The molecule has 0 amide bonds. The molecule has 0 aliphatic carbocycles. The molecular weight excluding hydrogens is 288 g/mol. The van der Waals surface area contributed by atoms with E-state index >= 15 is 0 Å². The van der Waals surface area contributed by atoms with Crippen LogP contribution in [0, 0.1) is 6.92 Å². The fraction of sp³-hybridized carbons (Fsp3) is 0.500. The third-order valence-electron chi connectivity index (χ3n) is 3.17. The van der Waals surface area contributed by atoms with Crippen LogP contribution in [0.1, 0.15) is 12.0 Å². The minimum atomic E-state index is 0.590. The second kappa shape index (κ2) is 4.94. The number of rotatable bonds is 2. The molecule has 88 valence electrons. The third-order valence-corrected chi connectivity index (χ3v) is 4.21. The Morgan fingerprint density at radius 3 is 2.88 bits per heavy atom. The van der Waals surface area contributed by atoms with E-state index in [4.69, 9.17) is 11.6 Å². The minimum Gasteiger partial charge on any atom is -0.369 e. The maximum absolute atomic E-state index is 6.17. The Bertz CT molecular complexity index is 395. The van der Waals surface area contributed by atoms with Gasteiger partial charge in [0.25, 0.3) is 0 Å². The van der Waals surface area contributed by atoms with E-state index in [1.54, 1.807) is 0 Å². The summed E-state index contributed by atoms with van der Waals surface area (Å²) in [6, 6.07) is 4.73. The zero-order valence-corrected chi connectivity index (χ0v) is 11.9. The van der Waals surface area contributed by atoms with Crippen LogP contribution in [0.4, 0.5) is 5.69 Å². The van der Waals surface area contributed by atoms with Gasteiger partial charge in [-0.05, 0) is 54.0 Å². The van der Waals surface area contributed by atoms with Gasteiger partial charge >= 0.3 is 0 Å². The maximum Gasteiger partial charge on any atom is 0.0526 e. The molecule has 16 heavy (non-hydrogen) atoms. The van der Waals surface area contributed by atoms with Crippen molar-refractivity contribution in [1.29, 1.82) is 0 Å². The smallest absolute Gasteiger partial charge is 0.0526 e. The molecule has 1 saturated heterocycles. The summed E-state index contributed by atoms with van der Waals surface area (Å²) in [5, 5.41) is 4.16. The molecule has 1 N–H and O–H groups in total. The SMILES string of the molecule is CNC1CCN(c2cc(Cl)c(C)cc2Br)C1. The van der Waals surface area contributed by atoms with Crippen LogP contribution >= 0.6 is 27.5 Å². The number of nitrogens with zero attached hydrogens (tertiary/aromatic N) is 1. The highest BCUT2D eigenvalue weighted by molar-refractivity contribution is 9.10. The van der Waals surface area contributed by atoms with E-state index in [1.165, 1.54) is 12.1 Å². The molecule has 1 unspecified atom stereocenters. The second-order valence-corrected chi connectivity index (χ2v) is 5.53. The Kier molecular flexibility index (Phi) is 3.77. The van der Waals surface area contributed by atoms with E-state index in [0.717, 1.165) is 28.1 Å². The highest BCUT2D eigenvalue weighted by Gasteiger charge is 2.22. The Balaban J connectivity index is 2.24. The van der Waals surface area contributed by atoms with E-state index < -0.39 is 0 Å². The van der Waals surface area contributed by atoms with Crippen molar-refractivity contribution in [3.63, 3.8) is 0 Å². The van der Waals surface area contributed by atoms with Crippen molar-refractivity contribution < 1.29 is 0 Å². The molecular formula is C12H16BrClN2. The average Bonchev–Trinajstić information content (AvgIpc) is 2.71. The van der Waals surface area contributed by atoms with Crippen molar-refractivity contribution in [2.75, 3.05) is 25.0 Å². The largest absolute Gasteiger partial charge is 0.369 e. The number of benzene rings is 1. The molecule has 4 heteroatoms. The van der Waals surface area contributed by atoms with Gasteiger partial charge in [-0.15, -0.1) is 0 Å². The first-order valence-corrected chi connectivity index (χ1v) is 6.66. The molecule has 1 atom stereocenters. The number of halogens is 2. The molecule has 1 aliphatic rings. The highest BCUT2D eigenvalue weighted by atomic mass is 79.9. The predicted octanol–water partition coefficient (Wildman–Crippen LogP) is 3.21. The molecule has 1 heterocycles. The van der Waals surface area contributed by atoms with E-state index in [-0.39, 0.29) is 0 Å². The minimum absolute atomic E-state index is 0.590. The van der Waals surface area contributed by atoms with Gasteiger partial charge in [-0.1, -0.05) is 11.6 Å². The summed E-state index contributed by atoms with van der Waals surface area (Å²) in [5.74, 6) is 0. The topological polar surface area (TPSA) is 15.3 Å². The highest BCUT2D eigenvalue weighted by Crippen LogP contribution is 2.33. The summed E-state index contributed by atoms with van der Waals surface area (Å²) >= 11 is 9.78. The summed E-state index contributed by atoms with van der Waals surface area (Å²) in [5.41, 5.74) is 2.31. The quantitative estimate of drug-likeness (QED) is 0.902. The van der Waals surface area contributed by atoms with Crippen LogP contribution in [0.2, 0.25) is 5.02 Å². The number of hydrogen-bond acceptors (Lipinski definition) is 2. The van der Waals surface area contributed by atoms with Crippen molar-refractivity contribution in [3.8, 4) is 0 Å². The lowest BCUT2D eigenvalue weighted by Crippen LogP contribution is -2.29. The van der Waals surface area contributed by atoms with E-state index in [1.807, 2.05) is 14.0 Å². The van der Waals surface area contributed by atoms with Gasteiger partial charge in [0.1, 0.15) is 0 Å². The van der Waals surface area contributed by atoms with E-state index in [2.05, 4.69) is 38.3 Å². The lowest BCUT2D eigenvalue weighted by atomic mass is 10.2. The van der Waals surface area contributed by atoms with Crippen LogP contribution < -0.4 is 10.2 Å². The Hall–Kier alpha value is -0.250. The van der Waals surface area contributed by atoms with Gasteiger partial charge in [0, 0.05) is 28.6 Å². The molecule has 1 aromatic rings. The summed E-state index contributed by atoms with van der Waals surface area (Å²) in [4.78, 5) is 2.37. The lowest BCUT2D eigenvalue weighted by molar-refractivity contribution is 0.617. The summed E-state index contributed by atoms with van der Waals surface area (Å²) < 4.78 is 1.13. The second-order valence-electron chi connectivity index (χ2n) is 4.27. The van der Waals surface area contributed by atoms with Crippen LogP contribution in [-0.2, 0) is 0 Å². The van der Waals surface area contributed by atoms with Crippen molar-refractivity contribution >= 4 is 33.2 Å². The van der Waals surface area contributed by atoms with Crippen molar-refractivity contribution in [2.24, 2.45) is 0 Å². The normalized spacial score (nSPS) is 20.5. The van der Waals surface area contributed by atoms with Gasteiger partial charge in [-0.25, -0.2) is 0 Å². The first kappa shape index (κ1) is 12.2. The number of nitrogens with one attached hydrogen (secondary N) is 1. The number of hydrogen-bond donors (Lipinski definition) is 1. The average molecular weight is 304 g/mol. The molecule has 0 saturated carbocycles. The predicted molar refractivity (Wildman–Crippen MR) is 73.6 cm³/mol. The van der Waals surface area contributed by atoms with Crippen LogP contribution in [0.3, 0.4) is 0 Å². The molecule has 1 fully saturated rings. The molecule has 2 nitrogen and oxygen atoms in total. The first-order valence-electron chi connectivity index (χ1n) is 5.49. The van der Waals surface area contributed by atoms with Gasteiger partial charge in [0.05, 0.1) is 5.69 Å². The van der Waals surface area contributed by atoms with Crippen LogP contribution in [0.15, 0.2) is 16.6 Å². The fourth-order valence-electron chi connectivity index (χ4n) is 2.09. The van der Waals surface area contributed by atoms with E-state index in [9.17, 15) is 0 Å². The Morgan fingerprint density at radius 1 is 1.50 bits per heavy atom. The summed E-state index contributed by atoms with van der Waals surface area (Å²) in [7, 11) is 2.02. The van der Waals surface area contributed by atoms with Crippen LogP contribution in [-0.4, -0.2) is 26.2 Å². The molecule has 0 radical (unpaired) electrons. The van der Waals surface area contributed by atoms with Gasteiger partial charge < -0.3 is 10.2 Å². The van der Waals surface area contributed by atoms with Crippen LogP contribution in [0.5, 0.6) is 0 Å². The Morgan fingerprint density at radius 2 is 2.25 bits per heavy atom. The zero-order chi connectivity index (χ0) is 11.7. The zero-order valence-electron chi connectivity index (χ0n) is 9.56. The van der Waals surface area contributed by atoms with Crippen LogP contribution in [0.25, 0.3) is 0 Å². The van der Waals surface area contributed by atoms with Gasteiger partial charge in [-0.2, -0.15) is 0 Å². The van der Waals surface area contributed by atoms with Crippen molar-refractivity contribution in [3.05, 3.63) is 27.2 Å². The Labute approximate surface area is 110 Å². The number of likely N-dealkylation sites (N-methyl/N-ethyl adjacent to an activating group) is 1. The molecule has 0 bridgehead atoms. The fourth-order valence-corrected chi connectivity index (χ4v) is 2.96. The molecule has 0 spiro atoms. The lowest BCUT2D eigenvalue weighted by Gasteiger charge is -2.21. The maximum atomic E-state index is 6.17. The standard InChI is InChI=1S/C12H16BrClN2/c1-8-5-10(13)12(6-11(8)14)16-4-3-9(7-16)15-2/h5-6,9,15H,3-4,7H2,1-2H3.